The molecule has 0 radical (unpaired) electrons. The molecule has 0 aromatic heterocycles. The summed E-state index contributed by atoms with van der Waals surface area (Å²) in [6, 6.07) is 6.72. The molecule has 1 aromatic carbocycles. The first-order valence-electron chi connectivity index (χ1n) is 5.59. The second-order valence-electron chi connectivity index (χ2n) is 3.69. The number of nitro benzene ring substituents is 1. The summed E-state index contributed by atoms with van der Waals surface area (Å²) >= 11 is 5.83. The SMILES string of the molecule is CCN(CCC#N)c1ccc([N+](=O)[O-])cc1CCl. The Labute approximate surface area is 111 Å². The number of nitro groups is 1. The van der Waals surface area contributed by atoms with E-state index < -0.39 is 4.92 Å². The maximum absolute atomic E-state index is 10.7. The lowest BCUT2D eigenvalue weighted by Crippen LogP contribution is -2.24. The highest BCUT2D eigenvalue weighted by atomic mass is 35.5. The van der Waals surface area contributed by atoms with Crippen molar-refractivity contribution in [3.8, 4) is 6.07 Å². The maximum Gasteiger partial charge on any atom is 0.269 e. The Morgan fingerprint density at radius 3 is 2.78 bits per heavy atom. The molecule has 18 heavy (non-hydrogen) atoms. The highest BCUT2D eigenvalue weighted by Crippen LogP contribution is 2.27. The Balaban J connectivity index is 3.07. The number of halogens is 1. The van der Waals surface area contributed by atoms with E-state index in [0.29, 0.717) is 18.5 Å². The molecule has 1 rings (SSSR count). The Morgan fingerprint density at radius 2 is 2.28 bits per heavy atom. The topological polar surface area (TPSA) is 70.2 Å². The van der Waals surface area contributed by atoms with Crippen LogP contribution < -0.4 is 4.90 Å². The minimum atomic E-state index is -0.439. The van der Waals surface area contributed by atoms with Crippen molar-refractivity contribution < 1.29 is 4.92 Å². The number of anilines is 1. The van der Waals surface area contributed by atoms with Gasteiger partial charge in [0, 0.05) is 36.8 Å². The molecule has 0 bridgehead atoms. The van der Waals surface area contributed by atoms with E-state index in [9.17, 15) is 10.1 Å². The van der Waals surface area contributed by atoms with E-state index in [0.717, 1.165) is 12.2 Å². The maximum atomic E-state index is 10.7. The molecule has 0 saturated carbocycles. The zero-order chi connectivity index (χ0) is 13.5. The van der Waals surface area contributed by atoms with Gasteiger partial charge < -0.3 is 4.90 Å². The number of nitriles is 1. The van der Waals surface area contributed by atoms with Gasteiger partial charge in [-0.3, -0.25) is 10.1 Å². The summed E-state index contributed by atoms with van der Waals surface area (Å²) in [5, 5.41) is 19.3. The van der Waals surface area contributed by atoms with Crippen LogP contribution in [0.3, 0.4) is 0 Å². The molecule has 0 unspecified atom stereocenters. The fourth-order valence-corrected chi connectivity index (χ4v) is 1.95. The molecule has 0 aliphatic rings. The van der Waals surface area contributed by atoms with Crippen molar-refractivity contribution in [2.24, 2.45) is 0 Å². The molecule has 1 aromatic rings. The minimum absolute atomic E-state index is 0.0331. The van der Waals surface area contributed by atoms with Gasteiger partial charge in [-0.1, -0.05) is 0 Å². The molecule has 0 amide bonds. The molecule has 96 valence electrons. The first-order valence-corrected chi connectivity index (χ1v) is 6.12. The number of hydrogen-bond donors (Lipinski definition) is 0. The van der Waals surface area contributed by atoms with Gasteiger partial charge in [-0.15, -0.1) is 11.6 Å². The average Bonchev–Trinajstić information content (AvgIpc) is 2.39. The highest BCUT2D eigenvalue weighted by molar-refractivity contribution is 6.17. The first-order chi connectivity index (χ1) is 8.63. The van der Waals surface area contributed by atoms with Gasteiger partial charge in [-0.2, -0.15) is 5.26 Å². The standard InChI is InChI=1S/C12H14ClN3O2/c1-2-15(7-3-6-14)12-5-4-11(16(17)18)8-10(12)9-13/h4-5,8H,2-3,7,9H2,1H3. The quantitative estimate of drug-likeness (QED) is 0.451. The van der Waals surface area contributed by atoms with Crippen LogP contribution in [0.4, 0.5) is 11.4 Å². The van der Waals surface area contributed by atoms with Gasteiger partial charge in [-0.25, -0.2) is 0 Å². The van der Waals surface area contributed by atoms with Crippen LogP contribution in [0.15, 0.2) is 18.2 Å². The van der Waals surface area contributed by atoms with Crippen LogP contribution in [0.2, 0.25) is 0 Å². The van der Waals surface area contributed by atoms with Crippen molar-refractivity contribution >= 4 is 23.0 Å². The van der Waals surface area contributed by atoms with Crippen molar-refractivity contribution in [2.45, 2.75) is 19.2 Å². The van der Waals surface area contributed by atoms with Gasteiger partial charge in [0.1, 0.15) is 0 Å². The molecule has 0 spiro atoms. The third-order valence-corrected chi connectivity index (χ3v) is 2.92. The second kappa shape index (κ2) is 6.82. The van der Waals surface area contributed by atoms with Gasteiger partial charge >= 0.3 is 0 Å². The fraction of sp³-hybridized carbons (Fsp3) is 0.417. The summed E-state index contributed by atoms with van der Waals surface area (Å²) in [5.41, 5.74) is 1.60. The smallest absolute Gasteiger partial charge is 0.269 e. The summed E-state index contributed by atoms with van der Waals surface area (Å²) in [4.78, 5) is 12.2. The van der Waals surface area contributed by atoms with Crippen LogP contribution in [-0.2, 0) is 5.88 Å². The van der Waals surface area contributed by atoms with Crippen molar-refractivity contribution in [2.75, 3.05) is 18.0 Å². The Bertz CT molecular complexity index is 471. The predicted octanol–water partition coefficient (Wildman–Crippen LogP) is 3.07. The van der Waals surface area contributed by atoms with Crippen LogP contribution in [0.25, 0.3) is 0 Å². The van der Waals surface area contributed by atoms with Crippen molar-refractivity contribution in [3.63, 3.8) is 0 Å². The van der Waals surface area contributed by atoms with Crippen molar-refractivity contribution in [3.05, 3.63) is 33.9 Å². The van der Waals surface area contributed by atoms with E-state index in [1.165, 1.54) is 12.1 Å². The monoisotopic (exact) mass is 267 g/mol. The van der Waals surface area contributed by atoms with Crippen LogP contribution in [0, 0.1) is 21.4 Å². The van der Waals surface area contributed by atoms with Crippen LogP contribution in [0.5, 0.6) is 0 Å². The molecule has 5 nitrogen and oxygen atoms in total. The van der Waals surface area contributed by atoms with E-state index >= 15 is 0 Å². The van der Waals surface area contributed by atoms with Crippen LogP contribution in [0.1, 0.15) is 18.9 Å². The average molecular weight is 268 g/mol. The molecule has 0 aliphatic heterocycles. The third kappa shape index (κ3) is 3.34. The molecular formula is C12H14ClN3O2. The second-order valence-corrected chi connectivity index (χ2v) is 3.96. The molecule has 6 heteroatoms. The summed E-state index contributed by atoms with van der Waals surface area (Å²) < 4.78 is 0. The highest BCUT2D eigenvalue weighted by Gasteiger charge is 2.14. The first kappa shape index (κ1) is 14.3. The minimum Gasteiger partial charge on any atom is -0.371 e. The van der Waals surface area contributed by atoms with Crippen molar-refractivity contribution in [1.29, 1.82) is 5.26 Å². The number of hydrogen-bond acceptors (Lipinski definition) is 4. The lowest BCUT2D eigenvalue weighted by atomic mass is 10.1. The molecular weight excluding hydrogens is 254 g/mol. The van der Waals surface area contributed by atoms with E-state index in [1.807, 2.05) is 11.8 Å². The van der Waals surface area contributed by atoms with E-state index in [-0.39, 0.29) is 11.6 Å². The largest absolute Gasteiger partial charge is 0.371 e. The number of non-ortho nitro benzene ring substituents is 1. The normalized spacial score (nSPS) is 9.83. The molecule has 0 fully saturated rings. The van der Waals surface area contributed by atoms with E-state index in [2.05, 4.69) is 6.07 Å². The van der Waals surface area contributed by atoms with Crippen LogP contribution in [-0.4, -0.2) is 18.0 Å². The zero-order valence-corrected chi connectivity index (χ0v) is 10.9. The summed E-state index contributed by atoms with van der Waals surface area (Å²) in [5.74, 6) is 0.208. The van der Waals surface area contributed by atoms with Gasteiger partial charge in [0.25, 0.3) is 5.69 Å². The van der Waals surface area contributed by atoms with E-state index in [1.54, 1.807) is 6.07 Å². The van der Waals surface area contributed by atoms with Gasteiger partial charge in [0.15, 0.2) is 0 Å². The number of benzene rings is 1. The Hall–Kier alpha value is -1.80. The lowest BCUT2D eigenvalue weighted by molar-refractivity contribution is -0.384. The summed E-state index contributed by atoms with van der Waals surface area (Å²) in [6.07, 6.45) is 0.409. The third-order valence-electron chi connectivity index (χ3n) is 2.63. The fourth-order valence-electron chi connectivity index (χ4n) is 1.73. The molecule has 0 atom stereocenters. The van der Waals surface area contributed by atoms with Gasteiger partial charge in [0.05, 0.1) is 17.4 Å². The molecule has 0 saturated heterocycles. The molecule has 0 N–H and O–H groups in total. The summed E-state index contributed by atoms with van der Waals surface area (Å²) in [7, 11) is 0. The Morgan fingerprint density at radius 1 is 1.56 bits per heavy atom. The van der Waals surface area contributed by atoms with Gasteiger partial charge in [-0.05, 0) is 18.6 Å². The Kier molecular flexibility index (Phi) is 5.40. The van der Waals surface area contributed by atoms with Gasteiger partial charge in [0.2, 0.25) is 0 Å². The zero-order valence-electron chi connectivity index (χ0n) is 10.1. The lowest BCUT2D eigenvalue weighted by Gasteiger charge is -2.24. The number of nitrogens with zero attached hydrogens (tertiary/aromatic N) is 3. The number of rotatable bonds is 6. The molecule has 0 heterocycles. The molecule has 0 aliphatic carbocycles. The van der Waals surface area contributed by atoms with Crippen molar-refractivity contribution in [1.82, 2.24) is 0 Å². The summed E-state index contributed by atoms with van der Waals surface area (Å²) in [6.45, 7) is 3.29. The predicted molar refractivity (Wildman–Crippen MR) is 70.8 cm³/mol. The van der Waals surface area contributed by atoms with E-state index in [4.69, 9.17) is 16.9 Å². The van der Waals surface area contributed by atoms with Crippen LogP contribution >= 0.6 is 11.6 Å². The number of alkyl halides is 1.